The predicted molar refractivity (Wildman–Crippen MR) is 57.3 cm³/mol. The number of halogens is 1. The van der Waals surface area contributed by atoms with Gasteiger partial charge in [0.2, 0.25) is 10.0 Å². The average Bonchev–Trinajstić information content (AvgIpc) is 2.06. The molecule has 0 radical (unpaired) electrons. The van der Waals surface area contributed by atoms with Crippen LogP contribution < -0.4 is 4.72 Å². The first-order chi connectivity index (χ1) is 6.42. The second kappa shape index (κ2) is 3.98. The lowest BCUT2D eigenvalue weighted by Gasteiger charge is -2.05. The minimum Gasteiger partial charge on any atom is -0.283 e. The summed E-state index contributed by atoms with van der Waals surface area (Å²) < 4.78 is 24.7. The van der Waals surface area contributed by atoms with Gasteiger partial charge in [-0.15, -0.1) is 0 Å². The first-order valence-electron chi connectivity index (χ1n) is 3.60. The monoisotopic (exact) mass is 274 g/mol. The molecule has 0 spiro atoms. The second-order valence-corrected chi connectivity index (χ2v) is 5.28. The van der Waals surface area contributed by atoms with Gasteiger partial charge in [0.05, 0.1) is 23.6 Å². The molecule has 4 nitrogen and oxygen atoms in total. The van der Waals surface area contributed by atoms with E-state index in [9.17, 15) is 8.42 Å². The molecule has 0 aliphatic rings. The topological polar surface area (TPSA) is 70.0 Å². The van der Waals surface area contributed by atoms with E-state index in [1.807, 2.05) is 6.07 Å². The van der Waals surface area contributed by atoms with Crippen LogP contribution in [0.3, 0.4) is 0 Å². The second-order valence-electron chi connectivity index (χ2n) is 2.68. The van der Waals surface area contributed by atoms with Crippen molar-refractivity contribution in [1.82, 2.24) is 0 Å². The normalized spacial score (nSPS) is 10.6. The summed E-state index contributed by atoms with van der Waals surface area (Å²) in [5, 5.41) is 8.58. The molecule has 74 valence electrons. The first-order valence-corrected chi connectivity index (χ1v) is 6.28. The maximum absolute atomic E-state index is 10.9. The molecule has 1 aromatic carbocycles. The van der Waals surface area contributed by atoms with Crippen molar-refractivity contribution in [2.75, 3.05) is 11.0 Å². The third-order valence-electron chi connectivity index (χ3n) is 1.39. The zero-order valence-corrected chi connectivity index (χ0v) is 9.68. The summed E-state index contributed by atoms with van der Waals surface area (Å²) in [7, 11) is -3.28. The number of nitriles is 1. The number of anilines is 1. The molecule has 0 atom stereocenters. The molecule has 0 aliphatic carbocycles. The van der Waals surface area contributed by atoms with E-state index >= 15 is 0 Å². The van der Waals surface area contributed by atoms with Gasteiger partial charge in [0.25, 0.3) is 0 Å². The summed E-state index contributed by atoms with van der Waals surface area (Å²) >= 11 is 3.16. The van der Waals surface area contributed by atoms with Gasteiger partial charge in [0.1, 0.15) is 0 Å². The average molecular weight is 275 g/mol. The number of hydrogen-bond donors (Lipinski definition) is 1. The van der Waals surface area contributed by atoms with Crippen LogP contribution in [0.5, 0.6) is 0 Å². The van der Waals surface area contributed by atoms with E-state index in [1.54, 1.807) is 6.07 Å². The fourth-order valence-corrected chi connectivity index (χ4v) is 2.05. The van der Waals surface area contributed by atoms with Crippen molar-refractivity contribution in [2.24, 2.45) is 0 Å². The fourth-order valence-electron chi connectivity index (χ4n) is 0.867. The van der Waals surface area contributed by atoms with Crippen molar-refractivity contribution < 1.29 is 8.42 Å². The molecule has 0 aromatic heterocycles. The smallest absolute Gasteiger partial charge is 0.229 e. The van der Waals surface area contributed by atoms with Gasteiger partial charge >= 0.3 is 0 Å². The van der Waals surface area contributed by atoms with Crippen molar-refractivity contribution in [1.29, 1.82) is 5.26 Å². The third-order valence-corrected chi connectivity index (χ3v) is 2.64. The van der Waals surface area contributed by atoms with Crippen molar-refractivity contribution in [2.45, 2.75) is 0 Å². The molecule has 1 aromatic rings. The molecular weight excluding hydrogens is 268 g/mol. The molecule has 0 saturated heterocycles. The summed E-state index contributed by atoms with van der Waals surface area (Å²) in [6.07, 6.45) is 1.07. The van der Waals surface area contributed by atoms with E-state index in [-0.39, 0.29) is 0 Å². The molecule has 0 fully saturated rings. The van der Waals surface area contributed by atoms with E-state index < -0.39 is 10.0 Å². The fraction of sp³-hybridized carbons (Fsp3) is 0.125. The van der Waals surface area contributed by atoms with E-state index in [4.69, 9.17) is 5.26 Å². The number of nitrogens with one attached hydrogen (secondary N) is 1. The van der Waals surface area contributed by atoms with Gasteiger partial charge in [0, 0.05) is 4.47 Å². The Labute approximate surface area is 90.7 Å². The lowest BCUT2D eigenvalue weighted by Crippen LogP contribution is -2.09. The zero-order valence-electron chi connectivity index (χ0n) is 7.28. The Balaban J connectivity index is 3.09. The minimum atomic E-state index is -3.28. The molecular formula is C8H7BrN2O2S. The zero-order chi connectivity index (χ0) is 10.8. The first kappa shape index (κ1) is 11.0. The lowest BCUT2D eigenvalue weighted by atomic mass is 10.2. The van der Waals surface area contributed by atoms with Gasteiger partial charge in [-0.25, -0.2) is 8.42 Å². The highest BCUT2D eigenvalue weighted by molar-refractivity contribution is 9.10. The van der Waals surface area contributed by atoms with Crippen molar-refractivity contribution in [3.8, 4) is 6.07 Å². The highest BCUT2D eigenvalue weighted by Crippen LogP contribution is 2.23. The summed E-state index contributed by atoms with van der Waals surface area (Å²) in [4.78, 5) is 0. The van der Waals surface area contributed by atoms with E-state index in [0.29, 0.717) is 15.7 Å². The van der Waals surface area contributed by atoms with Gasteiger partial charge in [-0.3, -0.25) is 4.72 Å². The summed E-state index contributed by atoms with van der Waals surface area (Å²) in [6.45, 7) is 0. The molecule has 1 N–H and O–H groups in total. The number of hydrogen-bond acceptors (Lipinski definition) is 3. The van der Waals surface area contributed by atoms with Crippen LogP contribution in [0, 0.1) is 11.3 Å². The van der Waals surface area contributed by atoms with E-state index in [1.165, 1.54) is 12.1 Å². The number of nitrogens with zero attached hydrogens (tertiary/aromatic N) is 1. The Kier molecular flexibility index (Phi) is 3.13. The Morgan fingerprint density at radius 3 is 2.57 bits per heavy atom. The van der Waals surface area contributed by atoms with Crippen molar-refractivity contribution in [3.63, 3.8) is 0 Å². The summed E-state index contributed by atoms with van der Waals surface area (Å²) in [5.41, 5.74) is 0.891. The number of sulfonamides is 1. The maximum atomic E-state index is 10.9. The Bertz CT molecular complexity index is 491. The molecule has 0 amide bonds. The lowest BCUT2D eigenvalue weighted by molar-refractivity contribution is 0.607. The van der Waals surface area contributed by atoms with Crippen LogP contribution in [-0.2, 0) is 10.0 Å². The largest absolute Gasteiger partial charge is 0.283 e. The Morgan fingerprint density at radius 1 is 1.50 bits per heavy atom. The number of rotatable bonds is 2. The van der Waals surface area contributed by atoms with Gasteiger partial charge in [-0.05, 0) is 34.1 Å². The highest BCUT2D eigenvalue weighted by atomic mass is 79.9. The quantitative estimate of drug-likeness (QED) is 0.892. The van der Waals surface area contributed by atoms with Gasteiger partial charge in [-0.2, -0.15) is 5.26 Å². The van der Waals surface area contributed by atoms with Crippen LogP contribution in [0.4, 0.5) is 5.69 Å². The van der Waals surface area contributed by atoms with Gasteiger partial charge in [-0.1, -0.05) is 0 Å². The molecule has 0 unspecified atom stereocenters. The van der Waals surface area contributed by atoms with Crippen LogP contribution >= 0.6 is 15.9 Å². The predicted octanol–water partition coefficient (Wildman–Crippen LogP) is 1.69. The Morgan fingerprint density at radius 2 is 2.14 bits per heavy atom. The van der Waals surface area contributed by atoms with Crippen LogP contribution in [-0.4, -0.2) is 14.7 Å². The molecule has 0 heterocycles. The standard InChI is InChI=1S/C8H7BrN2O2S/c1-14(12,13)11-8-3-2-6(5-10)4-7(8)9/h2-4,11H,1H3. The van der Waals surface area contributed by atoms with Crippen molar-refractivity contribution in [3.05, 3.63) is 28.2 Å². The molecule has 1 rings (SSSR count). The van der Waals surface area contributed by atoms with Crippen LogP contribution in [0.25, 0.3) is 0 Å². The molecule has 14 heavy (non-hydrogen) atoms. The maximum Gasteiger partial charge on any atom is 0.229 e. The SMILES string of the molecule is CS(=O)(=O)Nc1ccc(C#N)cc1Br. The van der Waals surface area contributed by atoms with Crippen LogP contribution in [0.15, 0.2) is 22.7 Å². The molecule has 0 aliphatic heterocycles. The van der Waals surface area contributed by atoms with Crippen LogP contribution in [0.2, 0.25) is 0 Å². The third kappa shape index (κ3) is 3.01. The van der Waals surface area contributed by atoms with E-state index in [0.717, 1.165) is 6.26 Å². The summed E-state index contributed by atoms with van der Waals surface area (Å²) in [6, 6.07) is 6.57. The summed E-state index contributed by atoms with van der Waals surface area (Å²) in [5.74, 6) is 0. The number of benzene rings is 1. The minimum absolute atomic E-state index is 0.423. The van der Waals surface area contributed by atoms with Gasteiger partial charge in [0.15, 0.2) is 0 Å². The van der Waals surface area contributed by atoms with Crippen LogP contribution in [0.1, 0.15) is 5.56 Å². The van der Waals surface area contributed by atoms with Crippen molar-refractivity contribution >= 4 is 31.6 Å². The molecule has 0 bridgehead atoms. The van der Waals surface area contributed by atoms with E-state index in [2.05, 4.69) is 20.7 Å². The molecule has 6 heteroatoms. The highest BCUT2D eigenvalue weighted by Gasteiger charge is 2.05. The van der Waals surface area contributed by atoms with Gasteiger partial charge < -0.3 is 0 Å². The Hall–Kier alpha value is -1.06. The molecule has 0 saturated carbocycles.